The van der Waals surface area contributed by atoms with Crippen molar-refractivity contribution in [3.05, 3.63) is 119 Å². The minimum absolute atomic E-state index is 0.0689. The van der Waals surface area contributed by atoms with Crippen LogP contribution in [0.15, 0.2) is 97.1 Å². The van der Waals surface area contributed by atoms with Crippen LogP contribution in [-0.2, 0) is 19.6 Å². The molecule has 0 aliphatic rings. The van der Waals surface area contributed by atoms with Crippen LogP contribution in [0, 0.1) is 0 Å². The number of halogens is 1. The highest BCUT2D eigenvalue weighted by Gasteiger charge is 2.20. The van der Waals surface area contributed by atoms with Crippen molar-refractivity contribution in [1.82, 2.24) is 9.47 Å². The minimum atomic E-state index is -0.0689. The van der Waals surface area contributed by atoms with E-state index in [0.29, 0.717) is 23.7 Å². The third-order valence-electron chi connectivity index (χ3n) is 6.13. The molecule has 164 valence electrons. The van der Waals surface area contributed by atoms with E-state index < -0.39 is 0 Å². The first-order valence-electron chi connectivity index (χ1n) is 11.2. The summed E-state index contributed by atoms with van der Waals surface area (Å²) in [7, 11) is 0. The van der Waals surface area contributed by atoms with Gasteiger partial charge in [0.2, 0.25) is 0 Å². The highest BCUT2D eigenvalue weighted by molar-refractivity contribution is 6.33. The fourth-order valence-electron chi connectivity index (χ4n) is 4.57. The van der Waals surface area contributed by atoms with Crippen LogP contribution in [0.25, 0.3) is 21.8 Å². The summed E-state index contributed by atoms with van der Waals surface area (Å²) < 4.78 is 2.34. The molecule has 0 aliphatic carbocycles. The molecule has 0 aliphatic heterocycles. The lowest BCUT2D eigenvalue weighted by Gasteiger charge is -2.24. The molecule has 0 saturated carbocycles. The Morgan fingerprint density at radius 2 is 1.42 bits per heavy atom. The van der Waals surface area contributed by atoms with Crippen molar-refractivity contribution >= 4 is 39.3 Å². The molecule has 3 nitrogen and oxygen atoms in total. The Balaban J connectivity index is 1.55. The summed E-state index contributed by atoms with van der Waals surface area (Å²) in [5.41, 5.74) is 5.16. The molecule has 0 bridgehead atoms. The van der Waals surface area contributed by atoms with Gasteiger partial charge in [0.15, 0.2) is 0 Å². The van der Waals surface area contributed by atoms with Crippen molar-refractivity contribution in [2.24, 2.45) is 0 Å². The van der Waals surface area contributed by atoms with Gasteiger partial charge in [-0.15, -0.1) is 0 Å². The molecular formula is C29H25ClN2O. The van der Waals surface area contributed by atoms with Gasteiger partial charge in [0.25, 0.3) is 5.91 Å². The SMILES string of the molecule is CCn1c2ccccc2c2cc(CN(Cc3ccccc3)C(=O)c3ccccc3Cl)ccc21. The van der Waals surface area contributed by atoms with E-state index in [0.717, 1.165) is 17.7 Å². The quantitative estimate of drug-likeness (QED) is 0.265. The number of fused-ring (bicyclic) bond motifs is 3. The second-order valence-electron chi connectivity index (χ2n) is 8.24. The van der Waals surface area contributed by atoms with Crippen molar-refractivity contribution in [3.63, 3.8) is 0 Å². The molecule has 0 atom stereocenters. The topological polar surface area (TPSA) is 25.2 Å². The van der Waals surface area contributed by atoms with Crippen LogP contribution in [0.3, 0.4) is 0 Å². The van der Waals surface area contributed by atoms with Gasteiger partial charge >= 0.3 is 0 Å². The standard InChI is InChI=1S/C29H25ClN2O/c1-2-32-27-15-9-7-12-23(27)25-18-22(16-17-28(25)32)20-31(19-21-10-4-3-5-11-21)29(33)24-13-6-8-14-26(24)30/h3-18H,2,19-20H2,1H3. The van der Waals surface area contributed by atoms with E-state index in [2.05, 4.69) is 54.0 Å². The number of hydrogen-bond donors (Lipinski definition) is 0. The molecular weight excluding hydrogens is 428 g/mol. The average molecular weight is 453 g/mol. The molecule has 0 spiro atoms. The van der Waals surface area contributed by atoms with Crippen molar-refractivity contribution in [3.8, 4) is 0 Å². The van der Waals surface area contributed by atoms with E-state index in [1.807, 2.05) is 47.4 Å². The Kier molecular flexibility index (Phi) is 5.89. The molecule has 0 saturated heterocycles. The lowest BCUT2D eigenvalue weighted by atomic mass is 10.1. The summed E-state index contributed by atoms with van der Waals surface area (Å²) in [5.74, 6) is -0.0689. The maximum Gasteiger partial charge on any atom is 0.255 e. The molecule has 1 aromatic heterocycles. The first-order valence-corrected chi connectivity index (χ1v) is 11.6. The van der Waals surface area contributed by atoms with Crippen LogP contribution in [-0.4, -0.2) is 15.4 Å². The van der Waals surface area contributed by atoms with Crippen molar-refractivity contribution < 1.29 is 4.79 Å². The Morgan fingerprint density at radius 3 is 2.21 bits per heavy atom. The van der Waals surface area contributed by atoms with Crippen LogP contribution in [0.2, 0.25) is 5.02 Å². The Morgan fingerprint density at radius 1 is 0.758 bits per heavy atom. The van der Waals surface area contributed by atoms with E-state index in [9.17, 15) is 4.79 Å². The van der Waals surface area contributed by atoms with Crippen LogP contribution >= 0.6 is 11.6 Å². The fraction of sp³-hybridized carbons (Fsp3) is 0.138. The van der Waals surface area contributed by atoms with Gasteiger partial charge in [-0.2, -0.15) is 0 Å². The molecule has 33 heavy (non-hydrogen) atoms. The summed E-state index contributed by atoms with van der Waals surface area (Å²) in [5, 5.41) is 2.93. The lowest BCUT2D eigenvalue weighted by molar-refractivity contribution is 0.0730. The first kappa shape index (κ1) is 21.3. The second-order valence-corrected chi connectivity index (χ2v) is 8.65. The highest BCUT2D eigenvalue weighted by Crippen LogP contribution is 2.30. The van der Waals surface area contributed by atoms with Gasteiger partial charge in [-0.3, -0.25) is 4.79 Å². The molecule has 1 amide bonds. The summed E-state index contributed by atoms with van der Waals surface area (Å²) in [6.45, 7) is 4.10. The van der Waals surface area contributed by atoms with Gasteiger partial charge in [-0.05, 0) is 48.4 Å². The van der Waals surface area contributed by atoms with Gasteiger partial charge < -0.3 is 9.47 Å². The monoisotopic (exact) mass is 452 g/mol. The molecule has 0 unspecified atom stereocenters. The number of carbonyl (C=O) groups excluding carboxylic acids is 1. The van der Waals surface area contributed by atoms with Crippen molar-refractivity contribution in [2.45, 2.75) is 26.6 Å². The number of para-hydroxylation sites is 1. The number of rotatable bonds is 6. The van der Waals surface area contributed by atoms with Gasteiger partial charge in [0, 0.05) is 41.4 Å². The number of aromatic nitrogens is 1. The summed E-state index contributed by atoms with van der Waals surface area (Å²) in [6, 6.07) is 32.4. The third kappa shape index (κ3) is 4.12. The molecule has 5 aromatic rings. The van der Waals surface area contributed by atoms with Gasteiger partial charge in [0.05, 0.1) is 10.6 Å². The van der Waals surface area contributed by atoms with Gasteiger partial charge in [0.1, 0.15) is 0 Å². The zero-order chi connectivity index (χ0) is 22.8. The summed E-state index contributed by atoms with van der Waals surface area (Å²) in [6.07, 6.45) is 0. The van der Waals surface area contributed by atoms with E-state index in [4.69, 9.17) is 11.6 Å². The maximum absolute atomic E-state index is 13.5. The zero-order valence-electron chi connectivity index (χ0n) is 18.5. The van der Waals surface area contributed by atoms with E-state index in [-0.39, 0.29) is 5.91 Å². The summed E-state index contributed by atoms with van der Waals surface area (Å²) in [4.78, 5) is 15.4. The van der Waals surface area contributed by atoms with E-state index >= 15 is 0 Å². The fourth-order valence-corrected chi connectivity index (χ4v) is 4.79. The van der Waals surface area contributed by atoms with Crippen LogP contribution in [0.1, 0.15) is 28.4 Å². The lowest BCUT2D eigenvalue weighted by Crippen LogP contribution is -2.30. The molecule has 0 N–H and O–H groups in total. The molecule has 5 rings (SSSR count). The number of aryl methyl sites for hydroxylation is 1. The predicted octanol–water partition coefficient (Wildman–Crippen LogP) is 7.31. The van der Waals surface area contributed by atoms with Gasteiger partial charge in [-0.1, -0.05) is 78.3 Å². The van der Waals surface area contributed by atoms with Crippen molar-refractivity contribution in [2.75, 3.05) is 0 Å². The average Bonchev–Trinajstić information content (AvgIpc) is 3.17. The Bertz CT molecular complexity index is 1440. The number of carbonyl (C=O) groups is 1. The van der Waals surface area contributed by atoms with Crippen LogP contribution < -0.4 is 0 Å². The van der Waals surface area contributed by atoms with Crippen molar-refractivity contribution in [1.29, 1.82) is 0 Å². The molecule has 1 heterocycles. The molecule has 0 fully saturated rings. The molecule has 0 radical (unpaired) electrons. The minimum Gasteiger partial charge on any atom is -0.341 e. The highest BCUT2D eigenvalue weighted by atomic mass is 35.5. The Labute approximate surface area is 198 Å². The van der Waals surface area contributed by atoms with Crippen LogP contribution in [0.5, 0.6) is 0 Å². The largest absolute Gasteiger partial charge is 0.341 e. The second kappa shape index (κ2) is 9.13. The zero-order valence-corrected chi connectivity index (χ0v) is 19.3. The molecule has 4 heteroatoms. The maximum atomic E-state index is 13.5. The number of benzene rings is 4. The van der Waals surface area contributed by atoms with E-state index in [1.54, 1.807) is 12.1 Å². The van der Waals surface area contributed by atoms with Gasteiger partial charge in [-0.25, -0.2) is 0 Å². The van der Waals surface area contributed by atoms with E-state index in [1.165, 1.54) is 21.8 Å². The predicted molar refractivity (Wildman–Crippen MR) is 137 cm³/mol. The Hall–Kier alpha value is -3.56. The normalized spacial score (nSPS) is 11.2. The van der Waals surface area contributed by atoms with Crippen LogP contribution in [0.4, 0.5) is 0 Å². The number of amides is 1. The summed E-state index contributed by atoms with van der Waals surface area (Å²) >= 11 is 6.38. The first-order chi connectivity index (χ1) is 16.2. The number of hydrogen-bond acceptors (Lipinski definition) is 1. The smallest absolute Gasteiger partial charge is 0.255 e. The molecule has 4 aromatic carbocycles. The number of nitrogens with zero attached hydrogens (tertiary/aromatic N) is 2. The third-order valence-corrected chi connectivity index (χ3v) is 6.46.